The van der Waals surface area contributed by atoms with Gasteiger partial charge in [0.2, 0.25) is 0 Å². The van der Waals surface area contributed by atoms with Crippen LogP contribution in [0.25, 0.3) is 0 Å². The fourth-order valence-corrected chi connectivity index (χ4v) is 11.7. The summed E-state index contributed by atoms with van der Waals surface area (Å²) in [4.78, 5) is 18.5. The number of aliphatic hydroxyl groups excluding tert-OH is 2. The number of alkyl carbamates (subject to hydrolysis) is 1. The summed E-state index contributed by atoms with van der Waals surface area (Å²) in [6.07, 6.45) is 7.68. The minimum atomic E-state index is -0.403. The third kappa shape index (κ3) is 5.41. The molecule has 0 bridgehead atoms. The van der Waals surface area contributed by atoms with Crippen LogP contribution in [0.5, 0.6) is 0 Å². The molecule has 4 saturated carbocycles. The monoisotopic (exact) mass is 625 g/mol. The van der Waals surface area contributed by atoms with Gasteiger partial charge in [-0.2, -0.15) is 4.90 Å². The zero-order chi connectivity index (χ0) is 32.1. The van der Waals surface area contributed by atoms with Gasteiger partial charge in [-0.05, 0) is 104 Å². The van der Waals surface area contributed by atoms with Crippen molar-refractivity contribution in [3.05, 3.63) is 29.8 Å². The lowest BCUT2D eigenvalue weighted by Crippen LogP contribution is -2.63. The quantitative estimate of drug-likeness (QED) is 0.202. The first-order chi connectivity index (χ1) is 20.8. The average molecular weight is 626 g/mol. The Labute approximate surface area is 271 Å². The van der Waals surface area contributed by atoms with Crippen LogP contribution >= 0.6 is 0 Å². The summed E-state index contributed by atoms with van der Waals surface area (Å²) in [7, 11) is 0. The molecule has 5 rings (SSSR count). The van der Waals surface area contributed by atoms with Crippen LogP contribution in [0.15, 0.2) is 34.2 Å². The number of nitrogens with zero attached hydrogens (tertiary/aromatic N) is 1. The predicted octanol–water partition coefficient (Wildman–Crippen LogP) is 7.07. The van der Waals surface area contributed by atoms with E-state index in [2.05, 4.69) is 53.6 Å². The van der Waals surface area contributed by atoms with E-state index in [1.807, 2.05) is 24.3 Å². The molecule has 44 heavy (non-hydrogen) atoms. The van der Waals surface area contributed by atoms with Crippen molar-refractivity contribution in [2.75, 3.05) is 13.2 Å². The van der Waals surface area contributed by atoms with E-state index in [1.165, 1.54) is 0 Å². The number of hydrogen-bond acceptors (Lipinski definition) is 6. The summed E-state index contributed by atoms with van der Waals surface area (Å²) in [5, 5.41) is 25.6. The first kappa shape index (κ1) is 33.7. The molecule has 1 aromatic rings. The van der Waals surface area contributed by atoms with Crippen molar-refractivity contribution in [2.24, 2.45) is 51.3 Å². The number of amides is 1. The first-order valence-corrected chi connectivity index (χ1v) is 17.7. The second kappa shape index (κ2) is 12.5. The molecule has 0 saturated heterocycles. The number of ether oxygens (including phenoxy) is 1. The lowest BCUT2D eigenvalue weighted by atomic mass is 9.41. The standard InChI is InChI=1S/C37H58N2O4S/c1-8-25-29-21-24(40)13-17-35(29,5)27-14-18-36(6)28(31(27)32(25)41)15-19-37(36,38-7)23(2)16-20-43-33(42)39-22-34(3,4)26-11-9-10-12-30(26)44/h9-12,23-25,27-29,31-32,40-41,44H,7-8,13-22H2,1-6H3,(H,39,42)/p-1/t23-,24-,25-,27?,28?,29+,31?,32-,35-,36+,37?/m1/s1. The van der Waals surface area contributed by atoms with Gasteiger partial charge in [0.1, 0.15) is 0 Å². The number of fused-ring (bicyclic) bond motifs is 5. The summed E-state index contributed by atoms with van der Waals surface area (Å²) in [6, 6.07) is 7.86. The Hall–Kier alpha value is -1.70. The number of aliphatic imine (C=N–C) groups is 1. The normalized spacial score (nSPS) is 40.7. The highest BCUT2D eigenvalue weighted by Gasteiger charge is 2.68. The van der Waals surface area contributed by atoms with Gasteiger partial charge in [0.25, 0.3) is 0 Å². The van der Waals surface area contributed by atoms with Crippen LogP contribution in [0.4, 0.5) is 4.79 Å². The number of benzene rings is 1. The fourth-order valence-electron chi connectivity index (χ4n) is 11.3. The number of carbonyl (C=O) groups excluding carboxylic acids is 1. The Morgan fingerprint density at radius 2 is 1.84 bits per heavy atom. The van der Waals surface area contributed by atoms with Gasteiger partial charge in [0.05, 0.1) is 24.4 Å². The van der Waals surface area contributed by atoms with Crippen LogP contribution in [-0.4, -0.2) is 53.9 Å². The Morgan fingerprint density at radius 3 is 2.52 bits per heavy atom. The Kier molecular flexibility index (Phi) is 9.55. The van der Waals surface area contributed by atoms with E-state index in [0.29, 0.717) is 30.9 Å². The first-order valence-electron chi connectivity index (χ1n) is 17.3. The molecular formula is C37H57N2O4S-. The smallest absolute Gasteiger partial charge is 0.407 e. The maximum atomic E-state index is 12.7. The summed E-state index contributed by atoms with van der Waals surface area (Å²) in [5.41, 5.74) is 0.547. The van der Waals surface area contributed by atoms with Crippen LogP contribution in [-0.2, 0) is 22.8 Å². The van der Waals surface area contributed by atoms with Crippen LogP contribution in [0, 0.1) is 46.3 Å². The van der Waals surface area contributed by atoms with Crippen molar-refractivity contribution >= 4 is 25.4 Å². The second-order valence-corrected chi connectivity index (χ2v) is 16.5. The van der Waals surface area contributed by atoms with Crippen LogP contribution in [0.2, 0.25) is 0 Å². The van der Waals surface area contributed by atoms with Gasteiger partial charge in [-0.15, -0.1) is 0 Å². The van der Waals surface area contributed by atoms with Crippen molar-refractivity contribution in [1.82, 2.24) is 5.32 Å². The number of nitrogens with one attached hydrogen (secondary N) is 1. The number of aliphatic hydroxyl groups is 2. The summed E-state index contributed by atoms with van der Waals surface area (Å²) < 4.78 is 5.71. The lowest BCUT2D eigenvalue weighted by Gasteiger charge is -2.65. The van der Waals surface area contributed by atoms with Gasteiger partial charge in [-0.3, -0.25) is 4.99 Å². The highest BCUT2D eigenvalue weighted by atomic mass is 32.1. The molecule has 0 aliphatic heterocycles. The molecule has 4 unspecified atom stereocenters. The minimum absolute atomic E-state index is 0.0597. The molecule has 6 nitrogen and oxygen atoms in total. The van der Waals surface area contributed by atoms with E-state index in [-0.39, 0.29) is 51.7 Å². The van der Waals surface area contributed by atoms with Crippen molar-refractivity contribution in [3.8, 4) is 0 Å². The summed E-state index contributed by atoms with van der Waals surface area (Å²) in [6.45, 7) is 18.5. The fraction of sp³-hybridized carbons (Fsp3) is 0.784. The van der Waals surface area contributed by atoms with E-state index in [9.17, 15) is 15.0 Å². The van der Waals surface area contributed by atoms with E-state index < -0.39 is 6.09 Å². The Balaban J connectivity index is 1.25. The number of hydrogen-bond donors (Lipinski definition) is 3. The minimum Gasteiger partial charge on any atom is -0.779 e. The molecule has 3 N–H and O–H groups in total. The van der Waals surface area contributed by atoms with Crippen molar-refractivity contribution < 1.29 is 19.7 Å². The predicted molar refractivity (Wildman–Crippen MR) is 179 cm³/mol. The third-order valence-corrected chi connectivity index (χ3v) is 14.1. The highest BCUT2D eigenvalue weighted by molar-refractivity contribution is 7.58. The number of carbonyl (C=O) groups is 1. The zero-order valence-electron chi connectivity index (χ0n) is 28.0. The molecule has 0 radical (unpaired) electrons. The Morgan fingerprint density at radius 1 is 1.14 bits per heavy atom. The molecule has 4 fully saturated rings. The molecule has 0 heterocycles. The molecule has 7 heteroatoms. The highest BCUT2D eigenvalue weighted by Crippen LogP contribution is 2.71. The van der Waals surface area contributed by atoms with Crippen LogP contribution in [0.1, 0.15) is 105 Å². The topological polar surface area (TPSA) is 91.2 Å². The van der Waals surface area contributed by atoms with E-state index in [0.717, 1.165) is 68.2 Å². The van der Waals surface area contributed by atoms with Crippen molar-refractivity contribution in [3.63, 3.8) is 0 Å². The van der Waals surface area contributed by atoms with Crippen molar-refractivity contribution in [1.29, 1.82) is 0 Å². The van der Waals surface area contributed by atoms with Crippen molar-refractivity contribution in [2.45, 2.75) is 127 Å². The van der Waals surface area contributed by atoms with Crippen LogP contribution in [0.3, 0.4) is 0 Å². The summed E-state index contributed by atoms with van der Waals surface area (Å²) >= 11 is 5.51. The molecule has 1 amide bonds. The van der Waals surface area contributed by atoms with Gasteiger partial charge in [0, 0.05) is 12.0 Å². The van der Waals surface area contributed by atoms with Crippen LogP contribution < -0.4 is 5.32 Å². The molecule has 11 atom stereocenters. The molecule has 4 aliphatic rings. The molecule has 0 spiro atoms. The van der Waals surface area contributed by atoms with Gasteiger partial charge in [0.15, 0.2) is 0 Å². The number of rotatable bonds is 9. The van der Waals surface area contributed by atoms with Gasteiger partial charge >= 0.3 is 6.09 Å². The molecule has 4 aliphatic carbocycles. The van der Waals surface area contributed by atoms with Gasteiger partial charge < -0.3 is 32.9 Å². The Bertz CT molecular complexity index is 1210. The zero-order valence-corrected chi connectivity index (χ0v) is 28.8. The SMILES string of the molecule is C=NC1([C@H](C)CCOC(=O)NCC(C)(C)c2ccccc2[S-])CCC2C3C(CC[C@@]21C)[C@@]1(C)CC[C@@H](O)C[C@H]1[C@@H](CC)[C@H]3O. The maximum absolute atomic E-state index is 12.7. The van der Waals surface area contributed by atoms with Gasteiger partial charge in [-0.1, -0.05) is 77.8 Å². The lowest BCUT2D eigenvalue weighted by molar-refractivity contribution is -0.204. The molecule has 246 valence electrons. The van der Waals surface area contributed by atoms with E-state index in [1.54, 1.807) is 0 Å². The molecule has 0 aromatic heterocycles. The third-order valence-electron chi connectivity index (χ3n) is 13.8. The average Bonchev–Trinajstić information content (AvgIpc) is 3.30. The largest absolute Gasteiger partial charge is 0.779 e. The summed E-state index contributed by atoms with van der Waals surface area (Å²) in [5.74, 6) is 1.95. The molecule has 1 aromatic carbocycles. The second-order valence-electron chi connectivity index (χ2n) is 16.0. The van der Waals surface area contributed by atoms with E-state index in [4.69, 9.17) is 22.4 Å². The molecular weight excluding hydrogens is 568 g/mol. The maximum Gasteiger partial charge on any atom is 0.407 e. The van der Waals surface area contributed by atoms with Gasteiger partial charge in [-0.25, -0.2) is 4.79 Å². The van der Waals surface area contributed by atoms with E-state index >= 15 is 0 Å².